The van der Waals surface area contributed by atoms with Crippen molar-refractivity contribution >= 4 is 5.97 Å². The van der Waals surface area contributed by atoms with Gasteiger partial charge in [0.25, 0.3) is 0 Å². The highest BCUT2D eigenvalue weighted by atomic mass is 19.1. The molecule has 0 atom stereocenters. The first-order valence-electron chi connectivity index (χ1n) is 6.06. The van der Waals surface area contributed by atoms with Gasteiger partial charge in [-0.3, -0.25) is 4.79 Å². The fourth-order valence-electron chi connectivity index (χ4n) is 1.88. The Balaban J connectivity index is 2.75. The predicted molar refractivity (Wildman–Crippen MR) is 70.9 cm³/mol. The Morgan fingerprint density at radius 1 is 1.45 bits per heavy atom. The quantitative estimate of drug-likeness (QED) is 0.929. The van der Waals surface area contributed by atoms with E-state index in [1.165, 1.54) is 23.0 Å². The number of aryl methyl sites for hydroxylation is 2. The fraction of sp³-hybridized carbons (Fsp3) is 0.214. The van der Waals surface area contributed by atoms with E-state index in [0.717, 1.165) is 5.56 Å². The SMILES string of the molecule is CCc1cn(-c2cc(F)ccc2C)nc(C(=O)O)c1=O. The minimum atomic E-state index is -1.40. The monoisotopic (exact) mass is 276 g/mol. The molecule has 1 aromatic carbocycles. The van der Waals surface area contributed by atoms with Crippen LogP contribution in [0.1, 0.15) is 28.5 Å². The molecule has 1 N–H and O–H groups in total. The van der Waals surface area contributed by atoms with Crippen LogP contribution in [0.15, 0.2) is 29.2 Å². The minimum Gasteiger partial charge on any atom is -0.476 e. The Morgan fingerprint density at radius 2 is 2.15 bits per heavy atom. The maximum atomic E-state index is 13.3. The van der Waals surface area contributed by atoms with Crippen LogP contribution >= 0.6 is 0 Å². The van der Waals surface area contributed by atoms with Gasteiger partial charge in [-0.25, -0.2) is 13.9 Å². The summed E-state index contributed by atoms with van der Waals surface area (Å²) >= 11 is 0. The van der Waals surface area contributed by atoms with Crippen LogP contribution in [-0.4, -0.2) is 20.9 Å². The summed E-state index contributed by atoms with van der Waals surface area (Å²) in [6, 6.07) is 4.12. The third-order valence-corrected chi connectivity index (χ3v) is 2.99. The number of carboxylic acids is 1. The van der Waals surface area contributed by atoms with Crippen molar-refractivity contribution in [3.8, 4) is 5.69 Å². The number of aromatic nitrogens is 2. The van der Waals surface area contributed by atoms with Gasteiger partial charge in [-0.15, -0.1) is 0 Å². The molecule has 0 aliphatic rings. The number of rotatable bonds is 3. The van der Waals surface area contributed by atoms with Crippen molar-refractivity contribution in [1.29, 1.82) is 0 Å². The van der Waals surface area contributed by atoms with Crippen LogP contribution in [0.5, 0.6) is 0 Å². The van der Waals surface area contributed by atoms with Crippen LogP contribution in [0.3, 0.4) is 0 Å². The smallest absolute Gasteiger partial charge is 0.360 e. The highest BCUT2D eigenvalue weighted by molar-refractivity contribution is 5.85. The van der Waals surface area contributed by atoms with E-state index in [9.17, 15) is 14.0 Å². The first-order chi connectivity index (χ1) is 9.43. The second kappa shape index (κ2) is 5.24. The average molecular weight is 276 g/mol. The lowest BCUT2D eigenvalue weighted by Gasteiger charge is -2.11. The zero-order valence-electron chi connectivity index (χ0n) is 11.1. The van der Waals surface area contributed by atoms with E-state index >= 15 is 0 Å². The topological polar surface area (TPSA) is 72.2 Å². The summed E-state index contributed by atoms with van der Waals surface area (Å²) in [5.41, 5.74) is 0.280. The van der Waals surface area contributed by atoms with Gasteiger partial charge in [0.05, 0.1) is 5.69 Å². The molecule has 104 valence electrons. The molecular weight excluding hydrogens is 263 g/mol. The zero-order valence-corrected chi connectivity index (χ0v) is 11.1. The summed E-state index contributed by atoms with van der Waals surface area (Å²) < 4.78 is 14.6. The summed E-state index contributed by atoms with van der Waals surface area (Å²) in [6.45, 7) is 3.49. The van der Waals surface area contributed by atoms with Crippen LogP contribution in [0.4, 0.5) is 4.39 Å². The van der Waals surface area contributed by atoms with Crippen molar-refractivity contribution in [2.45, 2.75) is 20.3 Å². The first-order valence-corrected chi connectivity index (χ1v) is 6.06. The van der Waals surface area contributed by atoms with Gasteiger partial charge in [0.2, 0.25) is 11.1 Å². The maximum absolute atomic E-state index is 13.3. The third kappa shape index (κ3) is 2.45. The number of hydrogen-bond acceptors (Lipinski definition) is 3. The van der Waals surface area contributed by atoms with Crippen molar-refractivity contribution in [2.24, 2.45) is 0 Å². The summed E-state index contributed by atoms with van der Waals surface area (Å²) in [6.07, 6.45) is 1.81. The van der Waals surface area contributed by atoms with E-state index in [0.29, 0.717) is 17.7 Å². The van der Waals surface area contributed by atoms with Crippen molar-refractivity contribution in [1.82, 2.24) is 9.78 Å². The molecule has 20 heavy (non-hydrogen) atoms. The van der Waals surface area contributed by atoms with Crippen molar-refractivity contribution in [2.75, 3.05) is 0 Å². The van der Waals surface area contributed by atoms with Gasteiger partial charge in [-0.2, -0.15) is 5.10 Å². The number of aromatic carboxylic acids is 1. The standard InChI is InChI=1S/C14H13FN2O3/c1-3-9-7-17(16-12(13(9)18)14(19)20)11-6-10(15)5-4-8(11)2/h4-7H,3H2,1-2H3,(H,19,20). The molecule has 1 aromatic heterocycles. The van der Waals surface area contributed by atoms with E-state index in [2.05, 4.69) is 5.10 Å². The predicted octanol–water partition coefficient (Wildman–Crippen LogP) is 1.94. The van der Waals surface area contributed by atoms with Gasteiger partial charge >= 0.3 is 5.97 Å². The van der Waals surface area contributed by atoms with Gasteiger partial charge < -0.3 is 5.11 Å². The molecule has 0 amide bonds. The van der Waals surface area contributed by atoms with E-state index < -0.39 is 22.9 Å². The van der Waals surface area contributed by atoms with Crippen molar-refractivity contribution in [3.05, 3.63) is 57.3 Å². The van der Waals surface area contributed by atoms with Gasteiger partial charge in [0.15, 0.2) is 0 Å². The Bertz CT molecular complexity index is 738. The maximum Gasteiger partial charge on any atom is 0.360 e. The third-order valence-electron chi connectivity index (χ3n) is 2.99. The normalized spacial score (nSPS) is 10.6. The second-order valence-electron chi connectivity index (χ2n) is 4.37. The van der Waals surface area contributed by atoms with E-state index in [-0.39, 0.29) is 0 Å². The summed E-state index contributed by atoms with van der Waals surface area (Å²) in [7, 11) is 0. The molecule has 0 saturated carbocycles. The van der Waals surface area contributed by atoms with E-state index in [1.807, 2.05) is 0 Å². The lowest BCUT2D eigenvalue weighted by molar-refractivity contribution is 0.0686. The van der Waals surface area contributed by atoms with Crippen LogP contribution in [0.25, 0.3) is 5.69 Å². The molecule has 2 aromatic rings. The number of hydrogen-bond donors (Lipinski definition) is 1. The number of carbonyl (C=O) groups is 1. The molecule has 0 saturated heterocycles. The summed E-state index contributed by atoms with van der Waals surface area (Å²) in [5, 5.41) is 12.8. The Kier molecular flexibility index (Phi) is 3.65. The molecular formula is C14H13FN2O3. The highest BCUT2D eigenvalue weighted by Crippen LogP contribution is 2.14. The molecule has 0 aliphatic carbocycles. The van der Waals surface area contributed by atoms with Crippen LogP contribution < -0.4 is 5.43 Å². The molecule has 0 fully saturated rings. The summed E-state index contributed by atoms with van der Waals surface area (Å²) in [4.78, 5) is 22.9. The second-order valence-corrected chi connectivity index (χ2v) is 4.37. The Hall–Kier alpha value is -2.50. The average Bonchev–Trinajstić information content (AvgIpc) is 2.41. The number of carboxylic acid groups (broad SMARTS) is 1. The molecule has 1 heterocycles. The largest absolute Gasteiger partial charge is 0.476 e. The molecule has 2 rings (SSSR count). The molecule has 0 spiro atoms. The van der Waals surface area contributed by atoms with Crippen LogP contribution in [-0.2, 0) is 6.42 Å². The Morgan fingerprint density at radius 3 is 2.75 bits per heavy atom. The minimum absolute atomic E-state index is 0.320. The van der Waals surface area contributed by atoms with Gasteiger partial charge in [0, 0.05) is 11.8 Å². The molecule has 5 nitrogen and oxygen atoms in total. The number of halogens is 1. The molecule has 6 heteroatoms. The highest BCUT2D eigenvalue weighted by Gasteiger charge is 2.16. The van der Waals surface area contributed by atoms with Gasteiger partial charge in [-0.1, -0.05) is 13.0 Å². The Labute approximate surface area is 114 Å². The number of nitrogens with zero attached hydrogens (tertiary/aromatic N) is 2. The van der Waals surface area contributed by atoms with Crippen molar-refractivity contribution in [3.63, 3.8) is 0 Å². The lowest BCUT2D eigenvalue weighted by atomic mass is 10.1. The molecule has 0 unspecified atom stereocenters. The van der Waals surface area contributed by atoms with Crippen LogP contribution in [0.2, 0.25) is 0 Å². The number of benzene rings is 1. The molecule has 0 aliphatic heterocycles. The fourth-order valence-corrected chi connectivity index (χ4v) is 1.88. The van der Waals surface area contributed by atoms with E-state index in [1.54, 1.807) is 19.9 Å². The van der Waals surface area contributed by atoms with E-state index in [4.69, 9.17) is 5.11 Å². The summed E-state index contributed by atoms with van der Waals surface area (Å²) in [5.74, 6) is -1.85. The first kappa shape index (κ1) is 13.9. The van der Waals surface area contributed by atoms with Gasteiger partial charge in [0.1, 0.15) is 5.82 Å². The van der Waals surface area contributed by atoms with Gasteiger partial charge in [-0.05, 0) is 31.0 Å². The molecule has 0 radical (unpaired) electrons. The zero-order chi connectivity index (χ0) is 14.9. The van der Waals surface area contributed by atoms with Crippen LogP contribution in [0, 0.1) is 12.7 Å². The van der Waals surface area contributed by atoms with Crippen molar-refractivity contribution < 1.29 is 14.3 Å². The molecule has 0 bridgehead atoms. The lowest BCUT2D eigenvalue weighted by Crippen LogP contribution is -2.24.